The molecule has 0 fully saturated rings. The highest BCUT2D eigenvalue weighted by atomic mass is 32.2. The third kappa shape index (κ3) is 6.37. The molecule has 0 bridgehead atoms. The second kappa shape index (κ2) is 7.26. The van der Waals surface area contributed by atoms with E-state index >= 15 is 0 Å². The predicted octanol–water partition coefficient (Wildman–Crippen LogP) is 2.37. The van der Waals surface area contributed by atoms with E-state index in [-0.39, 0.29) is 0 Å². The molecule has 0 atom stereocenters. The number of hydrogen-bond donors (Lipinski definition) is 0. The average Bonchev–Trinajstić information content (AvgIpc) is 2.11. The Hall–Kier alpha value is -1.16. The summed E-state index contributed by atoms with van der Waals surface area (Å²) in [6.07, 6.45) is 0. The predicted molar refractivity (Wildman–Crippen MR) is 57.8 cm³/mol. The second-order valence-electron chi connectivity index (χ2n) is 2.75. The van der Waals surface area contributed by atoms with Crippen molar-refractivity contribution in [1.82, 2.24) is 0 Å². The first-order chi connectivity index (χ1) is 6.57. The minimum absolute atomic E-state index is 0.343. The van der Waals surface area contributed by atoms with E-state index in [1.54, 1.807) is 6.92 Å². The molecular formula is C10H15NO2S. The molecule has 1 rings (SSSR count). The van der Waals surface area contributed by atoms with Crippen molar-refractivity contribution in [3.05, 3.63) is 35.4 Å². The quantitative estimate of drug-likeness (QED) is 0.719. The molecule has 0 aliphatic carbocycles. The van der Waals surface area contributed by atoms with Crippen LogP contribution in [-0.4, -0.2) is 15.0 Å². The number of aryl methyl sites for hydroxylation is 2. The highest BCUT2D eigenvalue weighted by molar-refractivity contribution is 7.61. The van der Waals surface area contributed by atoms with Gasteiger partial charge in [-0.05, 0) is 31.9 Å². The summed E-state index contributed by atoms with van der Waals surface area (Å²) >= 11 is 0. The van der Waals surface area contributed by atoms with Gasteiger partial charge in [-0.3, -0.25) is 0 Å². The molecule has 4 heteroatoms. The fourth-order valence-corrected chi connectivity index (χ4v) is 0.979. The molecule has 0 aliphatic heterocycles. The van der Waals surface area contributed by atoms with Crippen LogP contribution in [0.3, 0.4) is 0 Å². The molecule has 1 aromatic rings. The lowest BCUT2D eigenvalue weighted by atomic mass is 10.1. The molecule has 0 heterocycles. The highest BCUT2D eigenvalue weighted by Crippen LogP contribution is 2.02. The van der Waals surface area contributed by atoms with Crippen LogP contribution >= 0.6 is 0 Å². The molecule has 0 radical (unpaired) electrons. The maximum Gasteiger partial charge on any atom is 0.311 e. The molecule has 0 saturated carbocycles. The zero-order valence-corrected chi connectivity index (χ0v) is 9.50. The van der Waals surface area contributed by atoms with Crippen molar-refractivity contribution >= 4 is 10.5 Å². The van der Waals surface area contributed by atoms with Crippen molar-refractivity contribution in [2.45, 2.75) is 20.8 Å². The first-order valence-corrected chi connectivity index (χ1v) is 5.40. The number of rotatable bonds is 1. The third-order valence-electron chi connectivity index (χ3n) is 1.66. The van der Waals surface area contributed by atoms with Crippen molar-refractivity contribution in [3.63, 3.8) is 0 Å². The topological polar surface area (TPSA) is 46.5 Å². The van der Waals surface area contributed by atoms with Gasteiger partial charge < -0.3 is 0 Å². The van der Waals surface area contributed by atoms with Crippen LogP contribution in [0.5, 0.6) is 0 Å². The zero-order chi connectivity index (χ0) is 11.0. The van der Waals surface area contributed by atoms with Gasteiger partial charge in [-0.2, -0.15) is 12.8 Å². The maximum atomic E-state index is 9.43. The first kappa shape index (κ1) is 12.8. The van der Waals surface area contributed by atoms with Crippen LogP contribution in [0.2, 0.25) is 0 Å². The Bertz CT molecular complexity index is 367. The third-order valence-corrected chi connectivity index (χ3v) is 2.13. The molecule has 0 aromatic heterocycles. The van der Waals surface area contributed by atoms with Crippen LogP contribution in [-0.2, 0) is 10.5 Å². The Balaban J connectivity index is 0.000000255. The fourth-order valence-electron chi connectivity index (χ4n) is 0.768. The van der Waals surface area contributed by atoms with Crippen LogP contribution in [0.4, 0.5) is 0 Å². The van der Waals surface area contributed by atoms with Gasteiger partial charge in [0, 0.05) is 0 Å². The lowest BCUT2D eigenvalue weighted by molar-refractivity contribution is 0.620. The van der Waals surface area contributed by atoms with Gasteiger partial charge in [0.05, 0.1) is 6.54 Å². The zero-order valence-electron chi connectivity index (χ0n) is 8.69. The Morgan fingerprint density at radius 1 is 1.14 bits per heavy atom. The normalized spacial score (nSPS) is 8.50. The van der Waals surface area contributed by atoms with Crippen LogP contribution in [0.15, 0.2) is 28.6 Å². The van der Waals surface area contributed by atoms with Gasteiger partial charge in [-0.15, -0.1) is 0 Å². The number of benzene rings is 1. The minimum atomic E-state index is -2.19. The van der Waals surface area contributed by atoms with Crippen LogP contribution in [0.25, 0.3) is 0 Å². The minimum Gasteiger partial charge on any atom is -0.172 e. The van der Waals surface area contributed by atoms with Gasteiger partial charge in [0.2, 0.25) is 0 Å². The fraction of sp³-hybridized carbons (Fsp3) is 0.400. The van der Waals surface area contributed by atoms with E-state index < -0.39 is 10.5 Å². The first-order valence-electron chi connectivity index (χ1n) is 4.37. The molecular weight excluding hydrogens is 198 g/mol. The van der Waals surface area contributed by atoms with E-state index in [4.69, 9.17) is 0 Å². The van der Waals surface area contributed by atoms with Crippen molar-refractivity contribution in [3.8, 4) is 0 Å². The van der Waals surface area contributed by atoms with Gasteiger partial charge in [0.25, 0.3) is 0 Å². The summed E-state index contributed by atoms with van der Waals surface area (Å²) in [7, 11) is -2.19. The van der Waals surface area contributed by atoms with Gasteiger partial charge >= 0.3 is 10.5 Å². The Labute approximate surface area is 86.5 Å². The second-order valence-corrected chi connectivity index (χ2v) is 3.44. The summed E-state index contributed by atoms with van der Waals surface area (Å²) < 4.78 is 21.9. The molecule has 78 valence electrons. The van der Waals surface area contributed by atoms with E-state index in [0.29, 0.717) is 6.54 Å². The van der Waals surface area contributed by atoms with E-state index in [1.807, 2.05) is 0 Å². The monoisotopic (exact) mass is 213 g/mol. The number of nitrogens with zero attached hydrogens (tertiary/aromatic N) is 1. The van der Waals surface area contributed by atoms with E-state index in [0.717, 1.165) is 0 Å². The molecule has 3 nitrogen and oxygen atoms in total. The smallest absolute Gasteiger partial charge is 0.172 e. The summed E-state index contributed by atoms with van der Waals surface area (Å²) in [4.78, 5) is 0. The van der Waals surface area contributed by atoms with Crippen LogP contribution in [0.1, 0.15) is 18.1 Å². The highest BCUT2D eigenvalue weighted by Gasteiger charge is 1.83. The summed E-state index contributed by atoms with van der Waals surface area (Å²) in [6, 6.07) is 8.36. The average molecular weight is 213 g/mol. The molecule has 1 aromatic carbocycles. The van der Waals surface area contributed by atoms with E-state index in [2.05, 4.69) is 42.5 Å². The van der Waals surface area contributed by atoms with E-state index in [1.165, 1.54) is 11.1 Å². The van der Waals surface area contributed by atoms with Crippen molar-refractivity contribution < 1.29 is 8.42 Å². The molecule has 14 heavy (non-hydrogen) atoms. The lowest BCUT2D eigenvalue weighted by Gasteiger charge is -1.93. The number of hydrogen-bond acceptors (Lipinski definition) is 3. The van der Waals surface area contributed by atoms with Crippen LogP contribution in [0, 0.1) is 13.8 Å². The van der Waals surface area contributed by atoms with Gasteiger partial charge in [0.1, 0.15) is 0 Å². The summed E-state index contributed by atoms with van der Waals surface area (Å²) in [6.45, 7) is 6.25. The van der Waals surface area contributed by atoms with Gasteiger partial charge in [0.15, 0.2) is 0 Å². The molecule has 0 aliphatic rings. The molecule has 0 saturated heterocycles. The molecule has 0 spiro atoms. The molecule has 0 amide bonds. The Morgan fingerprint density at radius 2 is 1.57 bits per heavy atom. The lowest BCUT2D eigenvalue weighted by Crippen LogP contribution is -1.74. The standard InChI is InChI=1S/C8H10.C2H5NO2S/c1-7-5-3-4-6-8(7)2;1-2-3-6(4)5/h3-6H,1-2H3;2H2,1H3. The SMILES string of the molecule is CCN=S(=O)=O.Cc1ccccc1C. The summed E-state index contributed by atoms with van der Waals surface area (Å²) in [5, 5.41) is 0. The largest absolute Gasteiger partial charge is 0.311 e. The Morgan fingerprint density at radius 3 is 1.71 bits per heavy atom. The van der Waals surface area contributed by atoms with E-state index in [9.17, 15) is 8.42 Å². The van der Waals surface area contributed by atoms with Crippen LogP contribution < -0.4 is 0 Å². The maximum absolute atomic E-state index is 9.43. The summed E-state index contributed by atoms with van der Waals surface area (Å²) in [5.41, 5.74) is 2.74. The van der Waals surface area contributed by atoms with Gasteiger partial charge in [-0.1, -0.05) is 24.3 Å². The molecule has 0 N–H and O–H groups in total. The van der Waals surface area contributed by atoms with Crippen molar-refractivity contribution in [2.75, 3.05) is 6.54 Å². The van der Waals surface area contributed by atoms with Gasteiger partial charge in [-0.25, -0.2) is 0 Å². The Kier molecular flexibility index (Phi) is 6.66. The molecule has 0 unspecified atom stereocenters. The van der Waals surface area contributed by atoms with Crippen molar-refractivity contribution in [2.24, 2.45) is 4.36 Å². The van der Waals surface area contributed by atoms with Crippen molar-refractivity contribution in [1.29, 1.82) is 0 Å². The summed E-state index contributed by atoms with van der Waals surface area (Å²) in [5.74, 6) is 0.